The van der Waals surface area contributed by atoms with Gasteiger partial charge in [-0.05, 0) is 73.6 Å². The van der Waals surface area contributed by atoms with E-state index in [0.29, 0.717) is 24.1 Å². The average molecular weight is 394 g/mol. The highest BCUT2D eigenvalue weighted by atomic mass is 19.1. The fourth-order valence-corrected chi connectivity index (χ4v) is 3.42. The molecular weight excluding hydrogens is 361 g/mol. The van der Waals surface area contributed by atoms with Gasteiger partial charge in [0.25, 0.3) is 0 Å². The van der Waals surface area contributed by atoms with Gasteiger partial charge in [0.2, 0.25) is 0 Å². The lowest BCUT2D eigenvalue weighted by molar-refractivity contribution is 0.597. The minimum Gasteiger partial charge on any atom is -0.287 e. The Morgan fingerprint density at radius 1 is 1.31 bits per heavy atom. The van der Waals surface area contributed by atoms with Crippen molar-refractivity contribution in [3.63, 3.8) is 0 Å². The molecule has 0 heterocycles. The van der Waals surface area contributed by atoms with Crippen LogP contribution in [0.4, 0.5) is 4.39 Å². The standard InChI is InChI=1S/C25H32FN3/c1-5-7-8-10-22-15-21(11-12-25(22)26)24-16-23(24)20(6-2)18-29-19(3)17-28-14-9-13-27-4/h6,9,11-15,18,23-24H,3-5,7-8,10,16-17H2,1-2H3/b13-9-,20-6+,28-14-,29-18-. The largest absolute Gasteiger partial charge is 0.287 e. The predicted octanol–water partition coefficient (Wildman–Crippen LogP) is 6.48. The first kappa shape index (κ1) is 22.7. The molecule has 0 amide bonds. The highest BCUT2D eigenvalue weighted by molar-refractivity contribution is 5.81. The molecule has 1 aromatic carbocycles. The molecule has 0 aliphatic heterocycles. The third-order valence-electron chi connectivity index (χ3n) is 5.15. The summed E-state index contributed by atoms with van der Waals surface area (Å²) < 4.78 is 14.1. The number of aryl methyl sites for hydroxylation is 1. The number of hydrogen-bond donors (Lipinski definition) is 0. The molecule has 1 aliphatic carbocycles. The Balaban J connectivity index is 1.94. The topological polar surface area (TPSA) is 37.1 Å². The van der Waals surface area contributed by atoms with Gasteiger partial charge in [-0.2, -0.15) is 0 Å². The maximum absolute atomic E-state index is 14.1. The highest BCUT2D eigenvalue weighted by Gasteiger charge is 2.40. The van der Waals surface area contributed by atoms with E-state index in [4.69, 9.17) is 0 Å². The van der Waals surface area contributed by atoms with Crippen LogP contribution in [-0.2, 0) is 6.42 Å². The molecule has 2 unspecified atom stereocenters. The predicted molar refractivity (Wildman–Crippen MR) is 124 cm³/mol. The number of allylic oxidation sites excluding steroid dienone is 3. The van der Waals surface area contributed by atoms with Crippen LogP contribution in [0.25, 0.3) is 0 Å². The molecule has 0 bridgehead atoms. The molecule has 0 aromatic heterocycles. The van der Waals surface area contributed by atoms with Crippen molar-refractivity contribution in [3.8, 4) is 0 Å². The Morgan fingerprint density at radius 2 is 2.14 bits per heavy atom. The van der Waals surface area contributed by atoms with E-state index in [-0.39, 0.29) is 5.82 Å². The van der Waals surface area contributed by atoms with Crippen molar-refractivity contribution in [1.29, 1.82) is 0 Å². The van der Waals surface area contributed by atoms with Crippen molar-refractivity contribution in [2.24, 2.45) is 20.9 Å². The zero-order chi connectivity index (χ0) is 21.1. The molecule has 0 radical (unpaired) electrons. The van der Waals surface area contributed by atoms with Crippen LogP contribution >= 0.6 is 0 Å². The minimum absolute atomic E-state index is 0.0783. The van der Waals surface area contributed by atoms with Gasteiger partial charge in [0.15, 0.2) is 0 Å². The number of rotatable bonds is 12. The Hall–Kier alpha value is -2.62. The maximum Gasteiger partial charge on any atom is 0.126 e. The number of aliphatic imine (C=N–C) groups is 3. The number of halogens is 1. The molecule has 1 saturated carbocycles. The number of benzene rings is 1. The van der Waals surface area contributed by atoms with Crippen molar-refractivity contribution in [1.82, 2.24) is 0 Å². The molecule has 4 heteroatoms. The molecule has 154 valence electrons. The van der Waals surface area contributed by atoms with Crippen molar-refractivity contribution in [3.05, 3.63) is 71.3 Å². The zero-order valence-corrected chi connectivity index (χ0v) is 17.6. The second kappa shape index (κ2) is 12.1. The smallest absolute Gasteiger partial charge is 0.126 e. The number of nitrogens with zero attached hydrogens (tertiary/aromatic N) is 3. The average Bonchev–Trinajstić information content (AvgIpc) is 3.50. The third-order valence-corrected chi connectivity index (χ3v) is 5.15. The molecule has 1 aliphatic rings. The SMILES string of the molecule is C=N/C=C\C=N/CC(=C)/N=C\C(=C/C)C1CC1c1ccc(F)c(CCCCC)c1. The van der Waals surface area contributed by atoms with Crippen molar-refractivity contribution < 1.29 is 4.39 Å². The molecule has 1 aromatic rings. The van der Waals surface area contributed by atoms with E-state index in [1.54, 1.807) is 24.6 Å². The summed E-state index contributed by atoms with van der Waals surface area (Å²) in [6.07, 6.45) is 14.2. The molecule has 1 fully saturated rings. The normalized spacial score (nSPS) is 19.5. The van der Waals surface area contributed by atoms with Crippen LogP contribution in [0.5, 0.6) is 0 Å². The highest BCUT2D eigenvalue weighted by Crippen LogP contribution is 2.51. The van der Waals surface area contributed by atoms with Crippen LogP contribution < -0.4 is 0 Å². The van der Waals surface area contributed by atoms with Gasteiger partial charge in [0.1, 0.15) is 5.82 Å². The van der Waals surface area contributed by atoms with Gasteiger partial charge in [0, 0.05) is 18.6 Å². The Labute approximate surface area is 174 Å². The van der Waals surface area contributed by atoms with E-state index in [1.807, 2.05) is 19.2 Å². The first-order valence-corrected chi connectivity index (χ1v) is 10.4. The lowest BCUT2D eigenvalue weighted by atomic mass is 9.99. The molecule has 0 N–H and O–H groups in total. The molecule has 0 saturated heterocycles. The Kier molecular flexibility index (Phi) is 9.42. The fraction of sp³-hybridized carbons (Fsp3) is 0.400. The van der Waals surface area contributed by atoms with E-state index in [1.165, 1.54) is 11.1 Å². The lowest BCUT2D eigenvalue weighted by Crippen LogP contribution is -1.96. The van der Waals surface area contributed by atoms with Gasteiger partial charge in [-0.25, -0.2) is 4.39 Å². The summed E-state index contributed by atoms with van der Waals surface area (Å²) in [5, 5.41) is 0. The molecule has 3 nitrogen and oxygen atoms in total. The van der Waals surface area contributed by atoms with Crippen LogP contribution in [0, 0.1) is 11.7 Å². The van der Waals surface area contributed by atoms with E-state index in [9.17, 15) is 4.39 Å². The van der Waals surface area contributed by atoms with E-state index < -0.39 is 0 Å². The third kappa shape index (κ3) is 7.37. The quantitative estimate of drug-likeness (QED) is 0.288. The Morgan fingerprint density at radius 3 is 2.86 bits per heavy atom. The summed E-state index contributed by atoms with van der Waals surface area (Å²) in [5.74, 6) is 0.807. The van der Waals surface area contributed by atoms with E-state index in [0.717, 1.165) is 37.7 Å². The first-order chi connectivity index (χ1) is 14.1. The van der Waals surface area contributed by atoms with Crippen molar-refractivity contribution >= 4 is 19.1 Å². The number of unbranched alkanes of at least 4 members (excludes halogenated alkanes) is 2. The van der Waals surface area contributed by atoms with E-state index >= 15 is 0 Å². The van der Waals surface area contributed by atoms with Crippen LogP contribution in [0.2, 0.25) is 0 Å². The van der Waals surface area contributed by atoms with Gasteiger partial charge in [-0.15, -0.1) is 0 Å². The first-order valence-electron chi connectivity index (χ1n) is 10.4. The van der Waals surface area contributed by atoms with Crippen LogP contribution in [0.3, 0.4) is 0 Å². The summed E-state index contributed by atoms with van der Waals surface area (Å²) in [5.41, 5.74) is 4.00. The van der Waals surface area contributed by atoms with E-state index in [2.05, 4.69) is 47.3 Å². The molecule has 2 rings (SSSR count). The maximum atomic E-state index is 14.1. The fourth-order valence-electron chi connectivity index (χ4n) is 3.42. The lowest BCUT2D eigenvalue weighted by Gasteiger charge is -2.07. The minimum atomic E-state index is -0.0783. The number of hydrogen-bond acceptors (Lipinski definition) is 3. The van der Waals surface area contributed by atoms with Crippen LogP contribution in [-0.4, -0.2) is 25.7 Å². The molecular formula is C25H32FN3. The van der Waals surface area contributed by atoms with Gasteiger partial charge in [-0.3, -0.25) is 15.0 Å². The Bertz CT molecular complexity index is 817. The monoisotopic (exact) mass is 393 g/mol. The summed E-state index contributed by atoms with van der Waals surface area (Å²) in [6.45, 7) is 12.0. The molecule has 0 spiro atoms. The van der Waals surface area contributed by atoms with Gasteiger partial charge < -0.3 is 0 Å². The summed E-state index contributed by atoms with van der Waals surface area (Å²) in [6, 6.07) is 5.64. The van der Waals surface area contributed by atoms with Gasteiger partial charge in [-0.1, -0.05) is 44.6 Å². The second-order valence-corrected chi connectivity index (χ2v) is 7.38. The van der Waals surface area contributed by atoms with Crippen LogP contribution in [0.1, 0.15) is 56.6 Å². The molecule has 2 atom stereocenters. The summed E-state index contributed by atoms with van der Waals surface area (Å²) in [4.78, 5) is 12.3. The molecule has 29 heavy (non-hydrogen) atoms. The van der Waals surface area contributed by atoms with Crippen molar-refractivity contribution in [2.45, 2.75) is 51.9 Å². The van der Waals surface area contributed by atoms with Crippen molar-refractivity contribution in [2.75, 3.05) is 6.54 Å². The second-order valence-electron chi connectivity index (χ2n) is 7.38. The van der Waals surface area contributed by atoms with Gasteiger partial charge >= 0.3 is 0 Å². The zero-order valence-electron chi connectivity index (χ0n) is 17.6. The van der Waals surface area contributed by atoms with Crippen LogP contribution in [0.15, 0.2) is 69.4 Å². The summed E-state index contributed by atoms with van der Waals surface area (Å²) >= 11 is 0. The summed E-state index contributed by atoms with van der Waals surface area (Å²) in [7, 11) is 0. The van der Waals surface area contributed by atoms with Gasteiger partial charge in [0.05, 0.1) is 12.2 Å².